The van der Waals surface area contributed by atoms with Crippen molar-refractivity contribution in [2.24, 2.45) is 0 Å². The molecule has 1 aliphatic rings. The molecule has 0 aromatic heterocycles. The van der Waals surface area contributed by atoms with Crippen molar-refractivity contribution in [3.8, 4) is 0 Å². The molecule has 0 saturated heterocycles. The monoisotopic (exact) mass is 198 g/mol. The first-order valence-corrected chi connectivity index (χ1v) is 3.83. The summed E-state index contributed by atoms with van der Waals surface area (Å²) in [6.07, 6.45) is 3.31. The van der Waals surface area contributed by atoms with E-state index in [0.29, 0.717) is 6.61 Å². The SMILES string of the molecule is C=CC(=O)OCC.O=C1C=CC(=O)O1. The normalized spacial score (nSPS) is 12.6. The van der Waals surface area contributed by atoms with E-state index in [1.807, 2.05) is 0 Å². The van der Waals surface area contributed by atoms with Crippen molar-refractivity contribution in [2.75, 3.05) is 6.61 Å². The molecule has 0 spiro atoms. The maximum atomic E-state index is 10.1. The van der Waals surface area contributed by atoms with Gasteiger partial charge in [-0.1, -0.05) is 6.58 Å². The summed E-state index contributed by atoms with van der Waals surface area (Å²) in [5.41, 5.74) is 0. The molecular formula is C9H10O5. The smallest absolute Gasteiger partial charge is 0.338 e. The summed E-state index contributed by atoms with van der Waals surface area (Å²) < 4.78 is 8.41. The molecule has 14 heavy (non-hydrogen) atoms. The highest BCUT2D eigenvalue weighted by Crippen LogP contribution is 1.92. The number of cyclic esters (lactones) is 2. The van der Waals surface area contributed by atoms with E-state index >= 15 is 0 Å². The van der Waals surface area contributed by atoms with Crippen molar-refractivity contribution in [1.82, 2.24) is 0 Å². The van der Waals surface area contributed by atoms with Gasteiger partial charge in [-0.2, -0.15) is 0 Å². The topological polar surface area (TPSA) is 69.7 Å². The van der Waals surface area contributed by atoms with Crippen molar-refractivity contribution in [2.45, 2.75) is 6.92 Å². The third kappa shape index (κ3) is 5.70. The van der Waals surface area contributed by atoms with Crippen LogP contribution in [0.1, 0.15) is 6.92 Å². The van der Waals surface area contributed by atoms with Crippen LogP contribution in [-0.4, -0.2) is 24.5 Å². The molecule has 0 atom stereocenters. The van der Waals surface area contributed by atoms with E-state index in [1.165, 1.54) is 0 Å². The zero-order valence-corrected chi connectivity index (χ0v) is 7.69. The molecule has 0 bridgehead atoms. The van der Waals surface area contributed by atoms with Gasteiger partial charge in [0.15, 0.2) is 0 Å². The molecule has 5 heteroatoms. The second-order valence-electron chi connectivity index (χ2n) is 2.03. The highest BCUT2D eigenvalue weighted by molar-refractivity contribution is 6.04. The Balaban J connectivity index is 0.000000241. The number of hydrogen-bond acceptors (Lipinski definition) is 5. The van der Waals surface area contributed by atoms with Gasteiger partial charge >= 0.3 is 17.9 Å². The lowest BCUT2D eigenvalue weighted by Crippen LogP contribution is -1.97. The highest BCUT2D eigenvalue weighted by Gasteiger charge is 2.10. The summed E-state index contributed by atoms with van der Waals surface area (Å²) in [4.78, 5) is 29.9. The number of hydrogen-bond donors (Lipinski definition) is 0. The van der Waals surface area contributed by atoms with E-state index in [9.17, 15) is 14.4 Å². The summed E-state index contributed by atoms with van der Waals surface area (Å²) in [5.74, 6) is -1.52. The maximum absolute atomic E-state index is 10.1. The van der Waals surface area contributed by atoms with Gasteiger partial charge in [-0.15, -0.1) is 0 Å². The van der Waals surface area contributed by atoms with E-state index in [1.54, 1.807) is 6.92 Å². The van der Waals surface area contributed by atoms with Crippen molar-refractivity contribution >= 4 is 17.9 Å². The molecule has 0 aromatic carbocycles. The second kappa shape index (κ2) is 6.59. The minimum Gasteiger partial charge on any atom is -0.463 e. The van der Waals surface area contributed by atoms with Gasteiger partial charge in [-0.05, 0) is 6.92 Å². The van der Waals surface area contributed by atoms with Crippen molar-refractivity contribution in [3.05, 3.63) is 24.8 Å². The number of ether oxygens (including phenoxy) is 2. The predicted octanol–water partition coefficient (Wildman–Crippen LogP) is 0.361. The Morgan fingerprint density at radius 3 is 2.14 bits per heavy atom. The first-order valence-electron chi connectivity index (χ1n) is 3.83. The minimum atomic E-state index is -0.579. The van der Waals surface area contributed by atoms with Crippen LogP contribution in [0.3, 0.4) is 0 Å². The number of esters is 3. The van der Waals surface area contributed by atoms with Crippen molar-refractivity contribution in [1.29, 1.82) is 0 Å². The van der Waals surface area contributed by atoms with Gasteiger partial charge in [0.1, 0.15) is 0 Å². The van der Waals surface area contributed by atoms with E-state index < -0.39 is 11.9 Å². The minimum absolute atomic E-state index is 0.359. The summed E-state index contributed by atoms with van der Waals surface area (Å²) in [6.45, 7) is 5.38. The van der Waals surface area contributed by atoms with Crippen LogP contribution in [-0.2, 0) is 23.9 Å². The third-order valence-corrected chi connectivity index (χ3v) is 1.01. The number of carbonyl (C=O) groups is 3. The average molecular weight is 198 g/mol. The molecule has 1 aliphatic heterocycles. The van der Waals surface area contributed by atoms with Crippen molar-refractivity contribution < 1.29 is 23.9 Å². The van der Waals surface area contributed by atoms with Crippen LogP contribution in [0.4, 0.5) is 0 Å². The summed E-state index contributed by atoms with van der Waals surface area (Å²) in [6, 6.07) is 0. The number of rotatable bonds is 2. The maximum Gasteiger partial charge on any atom is 0.338 e. The Bertz CT molecular complexity index is 261. The molecule has 1 heterocycles. The van der Waals surface area contributed by atoms with Gasteiger partial charge < -0.3 is 9.47 Å². The largest absolute Gasteiger partial charge is 0.463 e. The van der Waals surface area contributed by atoms with Crippen LogP contribution < -0.4 is 0 Å². The third-order valence-electron chi connectivity index (χ3n) is 1.01. The molecule has 0 aliphatic carbocycles. The lowest BCUT2D eigenvalue weighted by atomic mass is 10.6. The van der Waals surface area contributed by atoms with Crippen LogP contribution >= 0.6 is 0 Å². The molecule has 0 saturated carbocycles. The van der Waals surface area contributed by atoms with Crippen LogP contribution in [0, 0.1) is 0 Å². The molecule has 0 unspecified atom stereocenters. The molecule has 0 radical (unpaired) electrons. The van der Waals surface area contributed by atoms with Crippen molar-refractivity contribution in [3.63, 3.8) is 0 Å². The Morgan fingerprint density at radius 2 is 2.00 bits per heavy atom. The standard InChI is InChI=1S/C5H8O2.C4H2O3/c1-3-5(6)7-4-2;5-3-1-2-4(6)7-3/h3H,1,4H2,2H3;1-2H. The van der Waals surface area contributed by atoms with Gasteiger partial charge in [-0.25, -0.2) is 14.4 Å². The Kier molecular flexibility index (Phi) is 5.69. The quantitative estimate of drug-likeness (QED) is 0.364. The zero-order chi connectivity index (χ0) is 11.0. The summed E-state index contributed by atoms with van der Waals surface area (Å²) in [5, 5.41) is 0. The predicted molar refractivity (Wildman–Crippen MR) is 47.1 cm³/mol. The molecule has 0 N–H and O–H groups in total. The van der Waals surface area contributed by atoms with Crippen LogP contribution in [0.2, 0.25) is 0 Å². The molecule has 0 fully saturated rings. The molecule has 0 amide bonds. The van der Waals surface area contributed by atoms with E-state index in [4.69, 9.17) is 0 Å². The summed E-state index contributed by atoms with van der Waals surface area (Å²) in [7, 11) is 0. The first kappa shape index (κ1) is 12.1. The molecular weight excluding hydrogens is 188 g/mol. The lowest BCUT2D eigenvalue weighted by molar-refractivity contribution is -0.150. The van der Waals surface area contributed by atoms with E-state index in [-0.39, 0.29) is 5.97 Å². The highest BCUT2D eigenvalue weighted by atomic mass is 16.6. The second-order valence-corrected chi connectivity index (χ2v) is 2.03. The molecule has 0 aromatic rings. The Labute approximate surface area is 81.0 Å². The zero-order valence-electron chi connectivity index (χ0n) is 7.69. The van der Waals surface area contributed by atoms with Crippen LogP contribution in [0.15, 0.2) is 24.8 Å². The van der Waals surface area contributed by atoms with E-state index in [0.717, 1.165) is 18.2 Å². The fourth-order valence-corrected chi connectivity index (χ4v) is 0.504. The van der Waals surface area contributed by atoms with Crippen LogP contribution in [0.5, 0.6) is 0 Å². The molecule has 1 rings (SSSR count). The average Bonchev–Trinajstić information content (AvgIpc) is 2.51. The van der Waals surface area contributed by atoms with E-state index in [2.05, 4.69) is 16.1 Å². The van der Waals surface area contributed by atoms with Gasteiger partial charge in [-0.3, -0.25) is 0 Å². The number of carbonyl (C=O) groups excluding carboxylic acids is 3. The van der Waals surface area contributed by atoms with Gasteiger partial charge in [0.2, 0.25) is 0 Å². The lowest BCUT2D eigenvalue weighted by Gasteiger charge is -1.90. The van der Waals surface area contributed by atoms with Crippen LogP contribution in [0.25, 0.3) is 0 Å². The fraction of sp³-hybridized carbons (Fsp3) is 0.222. The summed E-state index contributed by atoms with van der Waals surface area (Å²) >= 11 is 0. The van der Waals surface area contributed by atoms with Gasteiger partial charge in [0.05, 0.1) is 6.61 Å². The fourth-order valence-electron chi connectivity index (χ4n) is 0.504. The molecule has 5 nitrogen and oxygen atoms in total. The van der Waals surface area contributed by atoms with Gasteiger partial charge in [0, 0.05) is 18.2 Å². The van der Waals surface area contributed by atoms with Gasteiger partial charge in [0.25, 0.3) is 0 Å². The Morgan fingerprint density at radius 1 is 1.50 bits per heavy atom. The first-order chi connectivity index (χ1) is 6.60. The Hall–Kier alpha value is -1.91. The molecule has 76 valence electrons.